The third-order valence-electron chi connectivity index (χ3n) is 13.3. The van der Waals surface area contributed by atoms with Gasteiger partial charge in [-0.2, -0.15) is 5.26 Å². The number of hydrogen-bond acceptors (Lipinski definition) is 3. The molecule has 65 heavy (non-hydrogen) atoms. The Bertz CT molecular complexity index is 3940. The molecule has 300 valence electrons. The third-order valence-corrected chi connectivity index (χ3v) is 13.3. The fourth-order valence-electron chi connectivity index (χ4n) is 10.6. The van der Waals surface area contributed by atoms with Gasteiger partial charge in [0.2, 0.25) is 0 Å². The molecule has 0 saturated carbocycles. The molecule has 0 unspecified atom stereocenters. The van der Waals surface area contributed by atoms with Gasteiger partial charge in [-0.25, -0.2) is 0 Å². The lowest BCUT2D eigenvalue weighted by Gasteiger charge is -2.21. The summed E-state index contributed by atoms with van der Waals surface area (Å²) < 4.78 is 2.35. The molecule has 3 heterocycles. The smallest absolute Gasteiger partial charge is 0.0998 e. The molecule has 0 N–H and O–H groups in total. The SMILES string of the molecule is N#Cc1ccc2c3c1ccc1c(-c4c5ccccc5c(-c5ccc(-c6cc(-c7ccccn7)cc(-c7ccccn7)c6)c6ccccc56)c5ccccc45)ccc(c13)n2-c1ccccc1. The Labute approximate surface area is 374 Å². The van der Waals surface area contributed by atoms with Crippen molar-refractivity contribution in [1.82, 2.24) is 14.5 Å². The van der Waals surface area contributed by atoms with Crippen molar-refractivity contribution in [3.05, 3.63) is 224 Å². The molecule has 0 aliphatic carbocycles. The van der Waals surface area contributed by atoms with E-state index in [0.29, 0.717) is 5.56 Å². The van der Waals surface area contributed by atoms with Crippen molar-refractivity contribution in [2.75, 3.05) is 0 Å². The predicted octanol–water partition coefficient (Wildman–Crippen LogP) is 15.8. The van der Waals surface area contributed by atoms with Crippen molar-refractivity contribution < 1.29 is 0 Å². The van der Waals surface area contributed by atoms with Gasteiger partial charge in [-0.1, -0.05) is 133 Å². The summed E-state index contributed by atoms with van der Waals surface area (Å²) in [6, 6.07) is 76.2. The molecule has 0 spiro atoms. The maximum atomic E-state index is 10.3. The van der Waals surface area contributed by atoms with Gasteiger partial charge in [-0.3, -0.25) is 9.97 Å². The number of nitrogens with zero attached hydrogens (tertiary/aromatic N) is 4. The van der Waals surface area contributed by atoms with E-state index in [9.17, 15) is 5.26 Å². The highest BCUT2D eigenvalue weighted by atomic mass is 15.0. The van der Waals surface area contributed by atoms with Crippen LogP contribution in [0.2, 0.25) is 0 Å². The van der Waals surface area contributed by atoms with E-state index in [-0.39, 0.29) is 0 Å². The van der Waals surface area contributed by atoms with Gasteiger partial charge in [0.25, 0.3) is 0 Å². The van der Waals surface area contributed by atoms with Gasteiger partial charge in [-0.05, 0) is 144 Å². The number of benzene rings is 10. The van der Waals surface area contributed by atoms with Crippen LogP contribution in [0.5, 0.6) is 0 Å². The molecule has 0 fully saturated rings. The molecule has 0 aliphatic rings. The molecule has 3 aromatic heterocycles. The summed E-state index contributed by atoms with van der Waals surface area (Å²) in [6.45, 7) is 0. The Morgan fingerprint density at radius 3 is 1.37 bits per heavy atom. The number of nitriles is 1. The van der Waals surface area contributed by atoms with Crippen molar-refractivity contribution >= 4 is 64.9 Å². The van der Waals surface area contributed by atoms with Crippen LogP contribution in [0.1, 0.15) is 5.56 Å². The van der Waals surface area contributed by atoms with Gasteiger partial charge in [0.1, 0.15) is 0 Å². The number of hydrogen-bond donors (Lipinski definition) is 0. The maximum Gasteiger partial charge on any atom is 0.0998 e. The summed E-state index contributed by atoms with van der Waals surface area (Å²) in [7, 11) is 0. The van der Waals surface area contributed by atoms with Crippen LogP contribution in [0.25, 0.3) is 126 Å². The maximum absolute atomic E-state index is 10.3. The molecule has 0 saturated heterocycles. The van der Waals surface area contributed by atoms with Gasteiger partial charge in [0, 0.05) is 45.4 Å². The standard InChI is InChI=1S/C61H36N4/c62-37-38-24-30-56-60-44(38)26-28-53-52(29-31-57(61(53)60)65(56)42-14-2-1-3-15-42)59-49-20-8-6-18-47(49)58(48-19-7-9-21-50(48)59)51-27-25-43(45-16-4-5-17-46(45)51)39-34-40(54-22-10-12-32-63-54)36-41(35-39)55-23-11-13-33-64-55/h1-36H. The minimum atomic E-state index is 0.685. The normalized spacial score (nSPS) is 11.7. The summed E-state index contributed by atoms with van der Waals surface area (Å²) in [5.41, 5.74) is 15.0. The third kappa shape index (κ3) is 5.63. The summed E-state index contributed by atoms with van der Waals surface area (Å²) >= 11 is 0. The van der Waals surface area contributed by atoms with E-state index in [1.54, 1.807) is 0 Å². The first-order valence-corrected chi connectivity index (χ1v) is 22.0. The van der Waals surface area contributed by atoms with Gasteiger partial charge >= 0.3 is 0 Å². The number of aromatic nitrogens is 3. The zero-order valence-corrected chi connectivity index (χ0v) is 35.1. The van der Waals surface area contributed by atoms with Crippen molar-refractivity contribution in [2.24, 2.45) is 0 Å². The lowest BCUT2D eigenvalue weighted by atomic mass is 9.82. The van der Waals surface area contributed by atoms with E-state index >= 15 is 0 Å². The van der Waals surface area contributed by atoms with Crippen LogP contribution >= 0.6 is 0 Å². The molecular weight excluding hydrogens is 789 g/mol. The Morgan fingerprint density at radius 2 is 0.800 bits per heavy atom. The van der Waals surface area contributed by atoms with Crippen molar-refractivity contribution in [3.63, 3.8) is 0 Å². The van der Waals surface area contributed by atoms with Crippen molar-refractivity contribution in [2.45, 2.75) is 0 Å². The second-order valence-corrected chi connectivity index (χ2v) is 16.7. The fraction of sp³-hybridized carbons (Fsp3) is 0. The fourth-order valence-corrected chi connectivity index (χ4v) is 10.6. The van der Waals surface area contributed by atoms with Crippen molar-refractivity contribution in [3.8, 4) is 67.7 Å². The molecule has 10 aromatic carbocycles. The highest BCUT2D eigenvalue weighted by molar-refractivity contribution is 6.31. The lowest BCUT2D eigenvalue weighted by Crippen LogP contribution is -1.94. The zero-order chi connectivity index (χ0) is 43.0. The van der Waals surface area contributed by atoms with Gasteiger partial charge in [-0.15, -0.1) is 0 Å². The molecule has 13 aromatic rings. The molecule has 0 aliphatic heterocycles. The van der Waals surface area contributed by atoms with Crippen LogP contribution in [-0.2, 0) is 0 Å². The van der Waals surface area contributed by atoms with Crippen LogP contribution in [0.4, 0.5) is 0 Å². The monoisotopic (exact) mass is 824 g/mol. The van der Waals surface area contributed by atoms with E-state index in [0.717, 1.165) is 61.1 Å². The lowest BCUT2D eigenvalue weighted by molar-refractivity contribution is 1.18. The highest BCUT2D eigenvalue weighted by Gasteiger charge is 2.24. The van der Waals surface area contributed by atoms with Crippen LogP contribution < -0.4 is 0 Å². The molecule has 0 atom stereocenters. The first-order chi connectivity index (χ1) is 32.2. The molecule has 4 nitrogen and oxygen atoms in total. The average Bonchev–Trinajstić information content (AvgIpc) is 3.73. The molecule has 0 amide bonds. The highest BCUT2D eigenvalue weighted by Crippen LogP contribution is 2.50. The molecule has 0 bridgehead atoms. The first-order valence-electron chi connectivity index (χ1n) is 22.0. The zero-order valence-electron chi connectivity index (χ0n) is 35.1. The number of para-hydroxylation sites is 1. The quantitative estimate of drug-likeness (QED) is 0.124. The minimum Gasteiger partial charge on any atom is -0.309 e. The van der Waals surface area contributed by atoms with E-state index in [4.69, 9.17) is 9.97 Å². The van der Waals surface area contributed by atoms with E-state index < -0.39 is 0 Å². The number of pyridine rings is 2. The van der Waals surface area contributed by atoms with Crippen molar-refractivity contribution in [1.29, 1.82) is 5.26 Å². The molecule has 4 heteroatoms. The van der Waals surface area contributed by atoms with E-state index in [2.05, 4.69) is 187 Å². The Kier molecular flexibility index (Phi) is 8.24. The van der Waals surface area contributed by atoms with Gasteiger partial charge in [0.05, 0.1) is 34.1 Å². The second kappa shape index (κ2) is 14.6. The summed E-state index contributed by atoms with van der Waals surface area (Å²) in [5, 5.41) is 21.8. The van der Waals surface area contributed by atoms with Gasteiger partial charge < -0.3 is 4.57 Å². The topological polar surface area (TPSA) is 54.5 Å². The van der Waals surface area contributed by atoms with Crippen LogP contribution in [0.15, 0.2) is 219 Å². The summed E-state index contributed by atoms with van der Waals surface area (Å²) in [4.78, 5) is 9.49. The number of fused-ring (bicyclic) bond motifs is 3. The largest absolute Gasteiger partial charge is 0.309 e. The molecular formula is C61H36N4. The second-order valence-electron chi connectivity index (χ2n) is 16.7. The van der Waals surface area contributed by atoms with Crippen LogP contribution in [0.3, 0.4) is 0 Å². The van der Waals surface area contributed by atoms with E-state index in [1.807, 2.05) is 42.7 Å². The summed E-state index contributed by atoms with van der Waals surface area (Å²) in [6.07, 6.45) is 3.70. The van der Waals surface area contributed by atoms with Crippen LogP contribution in [0, 0.1) is 11.3 Å². The van der Waals surface area contributed by atoms with Gasteiger partial charge in [0.15, 0.2) is 0 Å². The Morgan fingerprint density at radius 1 is 0.354 bits per heavy atom. The Balaban J connectivity index is 1.06. The van der Waals surface area contributed by atoms with E-state index in [1.165, 1.54) is 65.3 Å². The molecule has 0 radical (unpaired) electrons. The predicted molar refractivity (Wildman–Crippen MR) is 269 cm³/mol. The average molecular weight is 825 g/mol. The van der Waals surface area contributed by atoms with Crippen LogP contribution in [-0.4, -0.2) is 14.5 Å². The minimum absolute atomic E-state index is 0.685. The first kappa shape index (κ1) is 36.7. The Hall–Kier alpha value is -8.91. The number of rotatable bonds is 6. The molecule has 13 rings (SSSR count). The summed E-state index contributed by atoms with van der Waals surface area (Å²) in [5.74, 6) is 0.